The van der Waals surface area contributed by atoms with Crippen LogP contribution < -0.4 is 11.1 Å². The minimum atomic E-state index is -0.416. The van der Waals surface area contributed by atoms with E-state index < -0.39 is 5.60 Å². The van der Waals surface area contributed by atoms with Gasteiger partial charge in [-0.2, -0.15) is 0 Å². The lowest BCUT2D eigenvalue weighted by molar-refractivity contribution is 0.0524. The normalized spacial score (nSPS) is 25.7. The molecule has 82 valence electrons. The van der Waals surface area contributed by atoms with Crippen molar-refractivity contribution in [3.8, 4) is 0 Å². The Balaban J connectivity index is 2.10. The summed E-state index contributed by atoms with van der Waals surface area (Å²) in [5.74, 6) is 1.16. The fourth-order valence-corrected chi connectivity index (χ4v) is 1.38. The molecule has 0 aromatic rings. The molecular weight excluding hydrogens is 180 g/mol. The molecule has 0 spiro atoms. The van der Waals surface area contributed by atoms with Crippen molar-refractivity contribution in [3.05, 3.63) is 0 Å². The van der Waals surface area contributed by atoms with Gasteiger partial charge in [0, 0.05) is 6.54 Å². The van der Waals surface area contributed by atoms with Crippen LogP contribution in [0.4, 0.5) is 4.79 Å². The van der Waals surface area contributed by atoms with E-state index in [1.54, 1.807) is 0 Å². The fraction of sp³-hybridized carbons (Fsp3) is 0.900. The summed E-state index contributed by atoms with van der Waals surface area (Å²) in [7, 11) is 0. The first kappa shape index (κ1) is 11.3. The summed E-state index contributed by atoms with van der Waals surface area (Å²) in [4.78, 5) is 11.2. The van der Waals surface area contributed by atoms with Crippen molar-refractivity contribution >= 4 is 6.09 Å². The number of carbonyl (C=O) groups is 1. The maximum Gasteiger partial charge on any atom is 0.407 e. The third-order valence-electron chi connectivity index (χ3n) is 2.28. The van der Waals surface area contributed by atoms with Gasteiger partial charge in [0.25, 0.3) is 0 Å². The molecule has 3 N–H and O–H groups in total. The van der Waals surface area contributed by atoms with E-state index in [2.05, 4.69) is 5.32 Å². The average Bonchev–Trinajstić information content (AvgIpc) is 2.76. The number of nitrogens with one attached hydrogen (secondary N) is 1. The smallest absolute Gasteiger partial charge is 0.407 e. The Kier molecular flexibility index (Phi) is 3.37. The maximum absolute atomic E-state index is 11.2. The van der Waals surface area contributed by atoms with Crippen LogP contribution in [0.2, 0.25) is 0 Å². The molecule has 0 saturated heterocycles. The highest BCUT2D eigenvalue weighted by atomic mass is 16.6. The molecule has 1 aliphatic rings. The molecule has 0 aliphatic heterocycles. The standard InChI is InChI=1S/C10H20N2O2/c1-10(2,3)14-9(13)12-6-8-4-7(8)5-11/h7-8H,4-6,11H2,1-3H3,(H,12,13)/t7-,8-/m0/s1. The van der Waals surface area contributed by atoms with Crippen molar-refractivity contribution in [3.63, 3.8) is 0 Å². The zero-order chi connectivity index (χ0) is 10.8. The molecule has 1 amide bonds. The van der Waals surface area contributed by atoms with Crippen LogP contribution in [0.25, 0.3) is 0 Å². The lowest BCUT2D eigenvalue weighted by Crippen LogP contribution is -2.33. The Morgan fingerprint density at radius 2 is 2.14 bits per heavy atom. The van der Waals surface area contributed by atoms with E-state index in [1.165, 1.54) is 0 Å². The van der Waals surface area contributed by atoms with Gasteiger partial charge in [-0.3, -0.25) is 0 Å². The highest BCUT2D eigenvalue weighted by Crippen LogP contribution is 2.36. The first-order valence-corrected chi connectivity index (χ1v) is 5.09. The van der Waals surface area contributed by atoms with Gasteiger partial charge < -0.3 is 15.8 Å². The summed E-state index contributed by atoms with van der Waals surface area (Å²) in [5.41, 5.74) is 5.07. The molecule has 1 fully saturated rings. The molecule has 0 bridgehead atoms. The number of hydrogen-bond acceptors (Lipinski definition) is 3. The summed E-state index contributed by atoms with van der Waals surface area (Å²) in [5, 5.41) is 2.75. The van der Waals surface area contributed by atoms with Gasteiger partial charge >= 0.3 is 6.09 Å². The van der Waals surface area contributed by atoms with Crippen LogP contribution in [0.5, 0.6) is 0 Å². The quantitative estimate of drug-likeness (QED) is 0.717. The monoisotopic (exact) mass is 200 g/mol. The number of hydrogen-bond donors (Lipinski definition) is 2. The summed E-state index contributed by atoms with van der Waals surface area (Å²) in [6.07, 6.45) is 0.798. The Labute approximate surface area is 85.2 Å². The van der Waals surface area contributed by atoms with Gasteiger partial charge in [0.05, 0.1) is 0 Å². The molecule has 0 aromatic carbocycles. The highest BCUT2D eigenvalue weighted by molar-refractivity contribution is 5.67. The number of carbonyl (C=O) groups excluding carboxylic acids is 1. The third-order valence-corrected chi connectivity index (χ3v) is 2.28. The second kappa shape index (κ2) is 4.17. The van der Waals surface area contributed by atoms with Gasteiger partial charge in [0.1, 0.15) is 5.60 Å². The topological polar surface area (TPSA) is 64.3 Å². The average molecular weight is 200 g/mol. The number of rotatable bonds is 3. The zero-order valence-electron chi connectivity index (χ0n) is 9.17. The summed E-state index contributed by atoms with van der Waals surface area (Å²) < 4.78 is 5.10. The SMILES string of the molecule is CC(C)(C)OC(=O)NC[C@@H]1C[C@H]1CN. The lowest BCUT2D eigenvalue weighted by Gasteiger charge is -2.19. The largest absolute Gasteiger partial charge is 0.444 e. The van der Waals surface area contributed by atoms with Gasteiger partial charge in [-0.1, -0.05) is 0 Å². The molecule has 0 heterocycles. The molecule has 1 aliphatic carbocycles. The van der Waals surface area contributed by atoms with Gasteiger partial charge in [-0.15, -0.1) is 0 Å². The Bertz CT molecular complexity index is 211. The van der Waals surface area contributed by atoms with Crippen LogP contribution in [0.3, 0.4) is 0 Å². The predicted octanol–water partition coefficient (Wildman–Crippen LogP) is 1.11. The van der Waals surface area contributed by atoms with Crippen molar-refractivity contribution in [2.45, 2.75) is 32.8 Å². The van der Waals surface area contributed by atoms with E-state index >= 15 is 0 Å². The molecule has 2 atom stereocenters. The molecule has 0 unspecified atom stereocenters. The molecule has 1 saturated carbocycles. The number of amides is 1. The predicted molar refractivity (Wildman–Crippen MR) is 54.9 cm³/mol. The van der Waals surface area contributed by atoms with E-state index in [0.717, 1.165) is 13.0 Å². The molecule has 4 nitrogen and oxygen atoms in total. The van der Waals surface area contributed by atoms with Crippen LogP contribution in [-0.2, 0) is 4.74 Å². The number of alkyl carbamates (subject to hydrolysis) is 1. The molecule has 1 rings (SSSR count). The Hall–Kier alpha value is -0.770. The van der Waals surface area contributed by atoms with Crippen LogP contribution in [0, 0.1) is 11.8 Å². The molecule has 14 heavy (non-hydrogen) atoms. The fourth-order valence-electron chi connectivity index (χ4n) is 1.38. The summed E-state index contributed by atoms with van der Waals surface area (Å²) in [6, 6.07) is 0. The van der Waals surface area contributed by atoms with Crippen molar-refractivity contribution < 1.29 is 9.53 Å². The van der Waals surface area contributed by atoms with Crippen molar-refractivity contribution in [2.75, 3.05) is 13.1 Å². The van der Waals surface area contributed by atoms with Gasteiger partial charge in [0.2, 0.25) is 0 Å². The molecule has 4 heteroatoms. The Morgan fingerprint density at radius 1 is 1.50 bits per heavy atom. The van der Waals surface area contributed by atoms with Crippen molar-refractivity contribution in [2.24, 2.45) is 17.6 Å². The lowest BCUT2D eigenvalue weighted by atomic mass is 10.2. The second-order valence-corrected chi connectivity index (χ2v) is 4.87. The highest BCUT2D eigenvalue weighted by Gasteiger charge is 2.35. The molecular formula is C10H20N2O2. The first-order valence-electron chi connectivity index (χ1n) is 5.09. The second-order valence-electron chi connectivity index (χ2n) is 4.87. The van der Waals surface area contributed by atoms with E-state index in [0.29, 0.717) is 18.4 Å². The Morgan fingerprint density at radius 3 is 2.57 bits per heavy atom. The van der Waals surface area contributed by atoms with Crippen LogP contribution in [0.1, 0.15) is 27.2 Å². The van der Waals surface area contributed by atoms with Crippen molar-refractivity contribution in [1.29, 1.82) is 0 Å². The third kappa shape index (κ3) is 3.96. The molecule has 0 aromatic heterocycles. The number of ether oxygens (including phenoxy) is 1. The van der Waals surface area contributed by atoms with Crippen LogP contribution in [0.15, 0.2) is 0 Å². The van der Waals surface area contributed by atoms with Crippen LogP contribution >= 0.6 is 0 Å². The van der Waals surface area contributed by atoms with E-state index in [1.807, 2.05) is 20.8 Å². The van der Waals surface area contributed by atoms with Gasteiger partial charge in [-0.05, 0) is 45.6 Å². The van der Waals surface area contributed by atoms with E-state index in [-0.39, 0.29) is 6.09 Å². The number of nitrogens with two attached hydrogens (primary N) is 1. The van der Waals surface area contributed by atoms with E-state index in [9.17, 15) is 4.79 Å². The maximum atomic E-state index is 11.2. The minimum absolute atomic E-state index is 0.333. The van der Waals surface area contributed by atoms with E-state index in [4.69, 9.17) is 10.5 Å². The van der Waals surface area contributed by atoms with Crippen molar-refractivity contribution in [1.82, 2.24) is 5.32 Å². The summed E-state index contributed by atoms with van der Waals surface area (Å²) >= 11 is 0. The minimum Gasteiger partial charge on any atom is -0.444 e. The van der Waals surface area contributed by atoms with Gasteiger partial charge in [-0.25, -0.2) is 4.79 Å². The zero-order valence-corrected chi connectivity index (χ0v) is 9.17. The van der Waals surface area contributed by atoms with Crippen LogP contribution in [-0.4, -0.2) is 24.8 Å². The summed E-state index contributed by atoms with van der Waals surface area (Å²) in [6.45, 7) is 6.97. The van der Waals surface area contributed by atoms with Gasteiger partial charge in [0.15, 0.2) is 0 Å². The molecule has 0 radical (unpaired) electrons. The first-order chi connectivity index (χ1) is 6.42.